The molecule has 0 aromatic heterocycles. The van der Waals surface area contributed by atoms with Crippen LogP contribution in [-0.2, 0) is 6.42 Å². The van der Waals surface area contributed by atoms with Gasteiger partial charge in [0.2, 0.25) is 0 Å². The summed E-state index contributed by atoms with van der Waals surface area (Å²) in [5, 5.41) is 0. The first-order valence-electron chi connectivity index (χ1n) is 4.68. The Morgan fingerprint density at radius 3 is 2.87 bits per heavy atom. The highest BCUT2D eigenvalue weighted by molar-refractivity contribution is 9.10. The van der Waals surface area contributed by atoms with E-state index in [-0.39, 0.29) is 11.9 Å². The Kier molecular flexibility index (Phi) is 4.94. The standard InChI is InChI=1S/C11H14BrFN2/c1-2-3-10(15-14)6-8-4-5-9(12)7-11(8)13/h2,4-5,7,10,15H,1,3,6,14H2. The lowest BCUT2D eigenvalue weighted by Gasteiger charge is -2.14. The summed E-state index contributed by atoms with van der Waals surface area (Å²) in [6, 6.07) is 5.06. The fourth-order valence-corrected chi connectivity index (χ4v) is 1.70. The molecule has 0 heterocycles. The lowest BCUT2D eigenvalue weighted by molar-refractivity contribution is 0.513. The Hall–Kier alpha value is -0.710. The van der Waals surface area contributed by atoms with Crippen LogP contribution in [0.3, 0.4) is 0 Å². The molecule has 0 bridgehead atoms. The summed E-state index contributed by atoms with van der Waals surface area (Å²) in [4.78, 5) is 0. The van der Waals surface area contributed by atoms with E-state index in [2.05, 4.69) is 27.9 Å². The zero-order valence-electron chi connectivity index (χ0n) is 8.34. The third kappa shape index (κ3) is 3.74. The fourth-order valence-electron chi connectivity index (χ4n) is 1.36. The van der Waals surface area contributed by atoms with Crippen molar-refractivity contribution in [3.63, 3.8) is 0 Å². The molecule has 4 heteroatoms. The van der Waals surface area contributed by atoms with E-state index in [0.29, 0.717) is 18.4 Å². The van der Waals surface area contributed by atoms with Gasteiger partial charge in [-0.3, -0.25) is 11.3 Å². The molecule has 1 aromatic rings. The normalized spacial score (nSPS) is 12.5. The highest BCUT2D eigenvalue weighted by Gasteiger charge is 2.09. The van der Waals surface area contributed by atoms with Crippen molar-refractivity contribution in [3.05, 3.63) is 46.7 Å². The minimum atomic E-state index is -0.214. The minimum Gasteiger partial charge on any atom is -0.271 e. The van der Waals surface area contributed by atoms with Crippen molar-refractivity contribution in [2.24, 2.45) is 5.84 Å². The number of halogens is 2. The van der Waals surface area contributed by atoms with E-state index in [0.717, 1.165) is 4.47 Å². The summed E-state index contributed by atoms with van der Waals surface area (Å²) in [7, 11) is 0. The minimum absolute atomic E-state index is 0.0261. The molecule has 1 unspecified atom stereocenters. The summed E-state index contributed by atoms with van der Waals surface area (Å²) >= 11 is 3.21. The maximum absolute atomic E-state index is 13.5. The van der Waals surface area contributed by atoms with Gasteiger partial charge in [0.25, 0.3) is 0 Å². The molecule has 0 amide bonds. The van der Waals surface area contributed by atoms with Gasteiger partial charge in [-0.2, -0.15) is 0 Å². The van der Waals surface area contributed by atoms with E-state index < -0.39 is 0 Å². The molecule has 1 aromatic carbocycles. The highest BCUT2D eigenvalue weighted by Crippen LogP contribution is 2.17. The lowest BCUT2D eigenvalue weighted by atomic mass is 10.0. The third-order valence-electron chi connectivity index (χ3n) is 2.17. The molecule has 3 N–H and O–H groups in total. The summed E-state index contributed by atoms with van der Waals surface area (Å²) in [5.41, 5.74) is 3.30. The molecule has 82 valence electrons. The summed E-state index contributed by atoms with van der Waals surface area (Å²) in [6.07, 6.45) is 3.04. The number of nitrogens with two attached hydrogens (primary N) is 1. The molecule has 0 saturated heterocycles. The van der Waals surface area contributed by atoms with E-state index in [1.807, 2.05) is 6.07 Å². The smallest absolute Gasteiger partial charge is 0.127 e. The van der Waals surface area contributed by atoms with Crippen molar-refractivity contribution in [2.75, 3.05) is 0 Å². The van der Waals surface area contributed by atoms with Crippen LogP contribution in [-0.4, -0.2) is 6.04 Å². The summed E-state index contributed by atoms with van der Waals surface area (Å²) in [5.74, 6) is 5.14. The van der Waals surface area contributed by atoms with Gasteiger partial charge in [0.15, 0.2) is 0 Å². The van der Waals surface area contributed by atoms with E-state index in [1.165, 1.54) is 6.07 Å². The molecule has 0 fully saturated rings. The van der Waals surface area contributed by atoms with Gasteiger partial charge >= 0.3 is 0 Å². The maximum atomic E-state index is 13.5. The van der Waals surface area contributed by atoms with Crippen LogP contribution in [0.2, 0.25) is 0 Å². The molecule has 0 spiro atoms. The molecule has 15 heavy (non-hydrogen) atoms. The quantitative estimate of drug-likeness (QED) is 0.491. The first-order valence-corrected chi connectivity index (χ1v) is 5.47. The second-order valence-corrected chi connectivity index (χ2v) is 4.24. The summed E-state index contributed by atoms with van der Waals surface area (Å²) < 4.78 is 14.2. The van der Waals surface area contributed by atoms with Gasteiger partial charge in [-0.25, -0.2) is 4.39 Å². The Morgan fingerprint density at radius 2 is 2.33 bits per heavy atom. The Bertz CT molecular complexity index is 341. The number of hydrogen-bond donors (Lipinski definition) is 2. The second kappa shape index (κ2) is 6.00. The SMILES string of the molecule is C=CCC(Cc1ccc(Br)cc1F)NN. The Morgan fingerprint density at radius 1 is 1.60 bits per heavy atom. The van der Waals surface area contributed by atoms with Gasteiger partial charge in [-0.1, -0.05) is 28.1 Å². The molecule has 0 aliphatic carbocycles. The van der Waals surface area contributed by atoms with Gasteiger partial charge < -0.3 is 0 Å². The molecule has 0 radical (unpaired) electrons. The lowest BCUT2D eigenvalue weighted by Crippen LogP contribution is -2.36. The van der Waals surface area contributed by atoms with Gasteiger partial charge in [0, 0.05) is 10.5 Å². The number of hydrazine groups is 1. The van der Waals surface area contributed by atoms with Crippen molar-refractivity contribution < 1.29 is 4.39 Å². The van der Waals surface area contributed by atoms with Crippen LogP contribution in [0.15, 0.2) is 35.3 Å². The average Bonchev–Trinajstić information content (AvgIpc) is 2.21. The predicted molar refractivity (Wildman–Crippen MR) is 63.7 cm³/mol. The van der Waals surface area contributed by atoms with Crippen molar-refractivity contribution in [2.45, 2.75) is 18.9 Å². The Labute approximate surface area is 97.5 Å². The predicted octanol–water partition coefficient (Wildman–Crippen LogP) is 2.54. The van der Waals surface area contributed by atoms with E-state index in [1.54, 1.807) is 12.1 Å². The molecule has 0 saturated carbocycles. The summed E-state index contributed by atoms with van der Waals surface area (Å²) in [6.45, 7) is 3.63. The topological polar surface area (TPSA) is 38.0 Å². The van der Waals surface area contributed by atoms with Gasteiger partial charge in [-0.05, 0) is 30.5 Å². The first-order chi connectivity index (χ1) is 7.17. The highest BCUT2D eigenvalue weighted by atomic mass is 79.9. The van der Waals surface area contributed by atoms with E-state index in [9.17, 15) is 4.39 Å². The van der Waals surface area contributed by atoms with Crippen molar-refractivity contribution in [3.8, 4) is 0 Å². The molecule has 0 aliphatic rings. The average molecular weight is 273 g/mol. The van der Waals surface area contributed by atoms with Crippen LogP contribution < -0.4 is 11.3 Å². The molecule has 1 rings (SSSR count). The van der Waals surface area contributed by atoms with Gasteiger partial charge in [-0.15, -0.1) is 6.58 Å². The molecule has 2 nitrogen and oxygen atoms in total. The molecule has 0 aliphatic heterocycles. The number of hydrogen-bond acceptors (Lipinski definition) is 2. The maximum Gasteiger partial charge on any atom is 0.127 e. The van der Waals surface area contributed by atoms with Gasteiger partial charge in [0.05, 0.1) is 0 Å². The van der Waals surface area contributed by atoms with E-state index in [4.69, 9.17) is 5.84 Å². The van der Waals surface area contributed by atoms with Crippen LogP contribution in [0.5, 0.6) is 0 Å². The van der Waals surface area contributed by atoms with Crippen LogP contribution in [0.25, 0.3) is 0 Å². The van der Waals surface area contributed by atoms with Crippen LogP contribution in [0.4, 0.5) is 4.39 Å². The monoisotopic (exact) mass is 272 g/mol. The third-order valence-corrected chi connectivity index (χ3v) is 2.66. The van der Waals surface area contributed by atoms with Crippen LogP contribution in [0, 0.1) is 5.82 Å². The van der Waals surface area contributed by atoms with Crippen molar-refractivity contribution in [1.29, 1.82) is 0 Å². The molecular weight excluding hydrogens is 259 g/mol. The largest absolute Gasteiger partial charge is 0.271 e. The van der Waals surface area contributed by atoms with Crippen LogP contribution >= 0.6 is 15.9 Å². The Balaban J connectivity index is 2.74. The zero-order valence-corrected chi connectivity index (χ0v) is 9.93. The van der Waals surface area contributed by atoms with Crippen molar-refractivity contribution >= 4 is 15.9 Å². The first kappa shape index (κ1) is 12.4. The van der Waals surface area contributed by atoms with Gasteiger partial charge in [0.1, 0.15) is 5.82 Å². The number of nitrogens with one attached hydrogen (secondary N) is 1. The van der Waals surface area contributed by atoms with E-state index >= 15 is 0 Å². The zero-order chi connectivity index (χ0) is 11.3. The number of rotatable bonds is 5. The second-order valence-electron chi connectivity index (χ2n) is 3.33. The fraction of sp³-hybridized carbons (Fsp3) is 0.273. The van der Waals surface area contributed by atoms with Crippen LogP contribution in [0.1, 0.15) is 12.0 Å². The van der Waals surface area contributed by atoms with Crippen molar-refractivity contribution in [1.82, 2.24) is 5.43 Å². The molecule has 1 atom stereocenters. The molecular formula is C11H14BrFN2. The number of benzene rings is 1.